The predicted octanol–water partition coefficient (Wildman–Crippen LogP) is 0.0967. The molecule has 0 aliphatic carbocycles. The second kappa shape index (κ2) is 7.73. The van der Waals surface area contributed by atoms with Gasteiger partial charge in [0.25, 0.3) is 5.56 Å². The van der Waals surface area contributed by atoms with Gasteiger partial charge in [-0.2, -0.15) is 0 Å². The maximum absolute atomic E-state index is 11.8. The number of nitrogens with one attached hydrogen (secondary N) is 1. The Balaban J connectivity index is 1.84. The normalized spacial score (nSPS) is 19.4. The van der Waals surface area contributed by atoms with Crippen molar-refractivity contribution in [2.24, 2.45) is 0 Å². The maximum atomic E-state index is 11.8. The number of carboxylic acid groups (broad SMARTS) is 1. The van der Waals surface area contributed by atoms with E-state index in [0.29, 0.717) is 5.56 Å². The molecule has 0 fully saturated rings. The number of aliphatic carboxylic acids is 1. The van der Waals surface area contributed by atoms with E-state index in [0.717, 1.165) is 0 Å². The van der Waals surface area contributed by atoms with Crippen molar-refractivity contribution < 1.29 is 24.2 Å². The number of H-pyrrole nitrogens is 1. The Labute approximate surface area is 136 Å². The molecule has 0 amide bonds. The quantitative estimate of drug-likeness (QED) is 0.533. The third-order valence-corrected chi connectivity index (χ3v) is 3.40. The van der Waals surface area contributed by atoms with E-state index in [-0.39, 0.29) is 25.9 Å². The topological polar surface area (TPSA) is 128 Å². The van der Waals surface area contributed by atoms with Crippen molar-refractivity contribution in [2.45, 2.75) is 38.5 Å². The van der Waals surface area contributed by atoms with Crippen molar-refractivity contribution >= 4 is 11.9 Å². The number of rotatable bonds is 7. The molecule has 0 aromatic carbocycles. The fourth-order valence-corrected chi connectivity index (χ4v) is 2.15. The van der Waals surface area contributed by atoms with Crippen LogP contribution in [-0.2, 0) is 19.1 Å². The number of nitrogens with zero attached hydrogens (tertiary/aromatic N) is 1. The first-order chi connectivity index (χ1) is 11.4. The van der Waals surface area contributed by atoms with Gasteiger partial charge in [-0.1, -0.05) is 6.08 Å². The van der Waals surface area contributed by atoms with Gasteiger partial charge in [-0.05, 0) is 19.4 Å². The van der Waals surface area contributed by atoms with E-state index in [4.69, 9.17) is 14.6 Å². The molecule has 0 radical (unpaired) electrons. The highest BCUT2D eigenvalue weighted by molar-refractivity contribution is 5.71. The Morgan fingerprint density at radius 2 is 2.08 bits per heavy atom. The van der Waals surface area contributed by atoms with Crippen LogP contribution in [0.5, 0.6) is 0 Å². The zero-order valence-electron chi connectivity index (χ0n) is 13.1. The Hall–Kier alpha value is -2.68. The molecule has 24 heavy (non-hydrogen) atoms. The van der Waals surface area contributed by atoms with Gasteiger partial charge < -0.3 is 14.6 Å². The Bertz CT molecular complexity index is 762. The first-order valence-electron chi connectivity index (χ1n) is 7.40. The molecule has 9 nitrogen and oxygen atoms in total. The number of esters is 1. The lowest BCUT2D eigenvalue weighted by atomic mass is 10.2. The SMILES string of the molecule is Cc1cn([C@H]2C=C[C@@H](COC(=O)CCCC(=O)O)O2)c(=O)[nH]c1=O. The van der Waals surface area contributed by atoms with Crippen LogP contribution in [0.3, 0.4) is 0 Å². The van der Waals surface area contributed by atoms with E-state index in [2.05, 4.69) is 4.98 Å². The number of hydrogen-bond donors (Lipinski definition) is 2. The number of aromatic amines is 1. The average Bonchev–Trinajstić information content (AvgIpc) is 2.97. The lowest BCUT2D eigenvalue weighted by Crippen LogP contribution is -2.33. The highest BCUT2D eigenvalue weighted by atomic mass is 16.6. The molecule has 0 unspecified atom stereocenters. The van der Waals surface area contributed by atoms with Crippen LogP contribution < -0.4 is 11.2 Å². The molecular weight excluding hydrogens is 320 g/mol. The lowest BCUT2D eigenvalue weighted by Gasteiger charge is -2.16. The largest absolute Gasteiger partial charge is 0.481 e. The molecule has 1 aliphatic heterocycles. The number of aryl methyl sites for hydroxylation is 1. The van der Waals surface area contributed by atoms with Gasteiger partial charge >= 0.3 is 17.6 Å². The molecule has 130 valence electrons. The first-order valence-corrected chi connectivity index (χ1v) is 7.40. The van der Waals surface area contributed by atoms with E-state index >= 15 is 0 Å². The third kappa shape index (κ3) is 4.66. The number of aromatic nitrogens is 2. The van der Waals surface area contributed by atoms with Crippen LogP contribution in [0.1, 0.15) is 31.1 Å². The van der Waals surface area contributed by atoms with Crippen molar-refractivity contribution in [1.82, 2.24) is 9.55 Å². The minimum Gasteiger partial charge on any atom is -0.481 e. The van der Waals surface area contributed by atoms with Gasteiger partial charge in [0.05, 0.1) is 0 Å². The molecule has 0 spiro atoms. The number of carboxylic acids is 1. The van der Waals surface area contributed by atoms with Crippen LogP contribution in [0.25, 0.3) is 0 Å². The second-order valence-electron chi connectivity index (χ2n) is 5.36. The Morgan fingerprint density at radius 1 is 1.33 bits per heavy atom. The molecular formula is C15H18N2O7. The minimum absolute atomic E-state index is 0.0186. The van der Waals surface area contributed by atoms with E-state index in [9.17, 15) is 19.2 Å². The van der Waals surface area contributed by atoms with Gasteiger partial charge in [0.2, 0.25) is 0 Å². The van der Waals surface area contributed by atoms with E-state index in [1.807, 2.05) is 0 Å². The Morgan fingerprint density at radius 3 is 2.79 bits per heavy atom. The van der Waals surface area contributed by atoms with Crippen molar-refractivity contribution in [3.05, 3.63) is 44.8 Å². The zero-order chi connectivity index (χ0) is 17.7. The zero-order valence-corrected chi connectivity index (χ0v) is 13.1. The van der Waals surface area contributed by atoms with Crippen molar-refractivity contribution in [3.8, 4) is 0 Å². The fraction of sp³-hybridized carbons (Fsp3) is 0.467. The lowest BCUT2D eigenvalue weighted by molar-refractivity contribution is -0.148. The number of ether oxygens (including phenoxy) is 2. The van der Waals surface area contributed by atoms with Crippen molar-refractivity contribution in [3.63, 3.8) is 0 Å². The molecule has 0 saturated heterocycles. The predicted molar refractivity (Wildman–Crippen MR) is 81.6 cm³/mol. The molecule has 2 N–H and O–H groups in total. The summed E-state index contributed by atoms with van der Waals surface area (Å²) >= 11 is 0. The van der Waals surface area contributed by atoms with E-state index < -0.39 is 35.5 Å². The molecule has 1 aromatic rings. The molecule has 2 heterocycles. The number of carbonyl (C=O) groups is 2. The summed E-state index contributed by atoms with van der Waals surface area (Å²) in [6.07, 6.45) is 3.61. The summed E-state index contributed by atoms with van der Waals surface area (Å²) in [4.78, 5) is 47.2. The van der Waals surface area contributed by atoms with Crippen LogP contribution in [0, 0.1) is 6.92 Å². The molecule has 2 rings (SSSR count). The summed E-state index contributed by atoms with van der Waals surface area (Å²) in [6.45, 7) is 1.54. The summed E-state index contributed by atoms with van der Waals surface area (Å²) in [5, 5.41) is 8.49. The number of hydrogen-bond acceptors (Lipinski definition) is 6. The van der Waals surface area contributed by atoms with Gasteiger partial charge in [-0.25, -0.2) is 4.79 Å². The van der Waals surface area contributed by atoms with E-state index in [1.165, 1.54) is 10.8 Å². The monoisotopic (exact) mass is 338 g/mol. The van der Waals surface area contributed by atoms with Crippen LogP contribution in [0.15, 0.2) is 27.9 Å². The second-order valence-corrected chi connectivity index (χ2v) is 5.36. The van der Waals surface area contributed by atoms with Crippen LogP contribution in [0.4, 0.5) is 0 Å². The van der Waals surface area contributed by atoms with E-state index in [1.54, 1.807) is 19.1 Å². The van der Waals surface area contributed by atoms with Crippen molar-refractivity contribution in [2.75, 3.05) is 6.61 Å². The minimum atomic E-state index is -0.964. The standard InChI is InChI=1S/C15H18N2O7/c1-9-7-17(15(22)16-14(9)21)11-6-5-10(24-11)8-23-13(20)4-2-3-12(18)19/h5-7,10-11H,2-4,8H2,1H3,(H,18,19)(H,16,21,22)/t10-,11+/m0/s1. The molecule has 0 saturated carbocycles. The van der Waals surface area contributed by atoms with Gasteiger partial charge in [0, 0.05) is 24.6 Å². The van der Waals surface area contributed by atoms with Gasteiger partial charge in [0.15, 0.2) is 6.23 Å². The van der Waals surface area contributed by atoms with Crippen LogP contribution in [0.2, 0.25) is 0 Å². The van der Waals surface area contributed by atoms with Gasteiger partial charge in [-0.15, -0.1) is 0 Å². The molecule has 0 bridgehead atoms. The Kier molecular flexibility index (Phi) is 5.69. The highest BCUT2D eigenvalue weighted by Crippen LogP contribution is 2.19. The highest BCUT2D eigenvalue weighted by Gasteiger charge is 2.23. The fourth-order valence-electron chi connectivity index (χ4n) is 2.15. The summed E-state index contributed by atoms with van der Waals surface area (Å²) in [7, 11) is 0. The molecule has 1 aromatic heterocycles. The maximum Gasteiger partial charge on any atom is 0.330 e. The summed E-state index contributed by atoms with van der Waals surface area (Å²) < 4.78 is 11.8. The summed E-state index contributed by atoms with van der Waals surface area (Å²) in [5.41, 5.74) is -0.670. The van der Waals surface area contributed by atoms with Crippen molar-refractivity contribution in [1.29, 1.82) is 0 Å². The van der Waals surface area contributed by atoms with Crippen LogP contribution in [-0.4, -0.2) is 39.3 Å². The average molecular weight is 338 g/mol. The molecule has 9 heteroatoms. The first kappa shape index (κ1) is 17.7. The van der Waals surface area contributed by atoms with Gasteiger partial charge in [0.1, 0.15) is 12.7 Å². The number of carbonyl (C=O) groups excluding carboxylic acids is 1. The summed E-state index contributed by atoms with van der Waals surface area (Å²) in [6, 6.07) is 0. The molecule has 2 atom stereocenters. The smallest absolute Gasteiger partial charge is 0.330 e. The third-order valence-electron chi connectivity index (χ3n) is 3.40. The van der Waals surface area contributed by atoms with Gasteiger partial charge in [-0.3, -0.25) is 23.9 Å². The summed E-state index contributed by atoms with van der Waals surface area (Å²) in [5.74, 6) is -1.47. The van der Waals surface area contributed by atoms with Crippen LogP contribution >= 0.6 is 0 Å². The molecule has 1 aliphatic rings.